The molecule has 2 fully saturated rings. The van der Waals surface area contributed by atoms with Crippen molar-refractivity contribution in [2.24, 2.45) is 11.8 Å². The monoisotopic (exact) mass is 296 g/mol. The van der Waals surface area contributed by atoms with Gasteiger partial charge in [0.1, 0.15) is 11.5 Å². The molecule has 4 rings (SSSR count). The average molecular weight is 296 g/mol. The Kier molecular flexibility index (Phi) is 3.10. The first-order valence-electron chi connectivity index (χ1n) is 7.67. The van der Waals surface area contributed by atoms with E-state index in [-0.39, 0.29) is 23.8 Å². The molecule has 0 unspecified atom stereocenters. The van der Waals surface area contributed by atoms with Gasteiger partial charge in [0.15, 0.2) is 0 Å². The summed E-state index contributed by atoms with van der Waals surface area (Å²) < 4.78 is 11.0. The molecule has 2 aromatic rings. The van der Waals surface area contributed by atoms with Crippen molar-refractivity contribution in [2.45, 2.75) is 25.7 Å². The SMILES string of the molecule is O=C(Oc1cccc2c(OC(=O)C3CC3)cccc12)C1CC1. The minimum atomic E-state index is -0.173. The number of carbonyl (C=O) groups excluding carboxylic acids is 2. The Morgan fingerprint density at radius 1 is 0.727 bits per heavy atom. The third-order valence-electron chi connectivity index (χ3n) is 4.08. The average Bonchev–Trinajstić information content (AvgIpc) is 3.41. The Labute approximate surface area is 128 Å². The van der Waals surface area contributed by atoms with E-state index >= 15 is 0 Å². The lowest BCUT2D eigenvalue weighted by Gasteiger charge is -2.11. The largest absolute Gasteiger partial charge is 0.426 e. The van der Waals surface area contributed by atoms with Gasteiger partial charge in [-0.05, 0) is 37.8 Å². The number of rotatable bonds is 4. The van der Waals surface area contributed by atoms with Crippen LogP contribution in [0.25, 0.3) is 10.8 Å². The molecule has 0 saturated heterocycles. The molecule has 0 bridgehead atoms. The van der Waals surface area contributed by atoms with Gasteiger partial charge in [-0.1, -0.05) is 24.3 Å². The highest BCUT2D eigenvalue weighted by molar-refractivity contribution is 5.96. The molecule has 0 spiro atoms. The molecular weight excluding hydrogens is 280 g/mol. The van der Waals surface area contributed by atoms with Gasteiger partial charge in [0.2, 0.25) is 0 Å². The third kappa shape index (κ3) is 2.56. The topological polar surface area (TPSA) is 52.6 Å². The molecule has 0 atom stereocenters. The van der Waals surface area contributed by atoms with Gasteiger partial charge in [0.25, 0.3) is 0 Å². The Morgan fingerprint density at radius 3 is 1.50 bits per heavy atom. The van der Waals surface area contributed by atoms with E-state index in [2.05, 4.69) is 0 Å². The lowest BCUT2D eigenvalue weighted by Crippen LogP contribution is -2.11. The normalized spacial score (nSPS) is 17.3. The molecule has 22 heavy (non-hydrogen) atoms. The van der Waals surface area contributed by atoms with E-state index in [0.29, 0.717) is 11.5 Å². The van der Waals surface area contributed by atoms with Crippen LogP contribution >= 0.6 is 0 Å². The molecule has 0 N–H and O–H groups in total. The summed E-state index contributed by atoms with van der Waals surface area (Å²) in [6, 6.07) is 10.9. The van der Waals surface area contributed by atoms with E-state index in [1.165, 1.54) is 0 Å². The molecular formula is C18H16O4. The maximum atomic E-state index is 11.9. The first-order valence-corrected chi connectivity index (χ1v) is 7.67. The first-order chi connectivity index (χ1) is 10.7. The number of hydrogen-bond donors (Lipinski definition) is 0. The summed E-state index contributed by atoms with van der Waals surface area (Å²) in [5.74, 6) is 0.801. The van der Waals surface area contributed by atoms with Crippen molar-refractivity contribution in [3.63, 3.8) is 0 Å². The smallest absolute Gasteiger partial charge is 0.314 e. The van der Waals surface area contributed by atoms with E-state index in [1.54, 1.807) is 12.1 Å². The summed E-state index contributed by atoms with van der Waals surface area (Å²) in [6.07, 6.45) is 3.64. The standard InChI is InChI=1S/C18H16O4/c19-17(11-7-8-11)21-15-5-1-3-13-14(15)4-2-6-16(13)22-18(20)12-9-10-12/h1-6,11-12H,7-10H2. The number of fused-ring (bicyclic) bond motifs is 1. The fraction of sp³-hybridized carbons (Fsp3) is 0.333. The van der Waals surface area contributed by atoms with Crippen LogP contribution in [0.5, 0.6) is 11.5 Å². The fourth-order valence-electron chi connectivity index (χ4n) is 2.45. The molecule has 0 aromatic heterocycles. The van der Waals surface area contributed by atoms with Crippen LogP contribution in [0.2, 0.25) is 0 Å². The van der Waals surface area contributed by atoms with Gasteiger partial charge >= 0.3 is 11.9 Å². The highest BCUT2D eigenvalue weighted by Gasteiger charge is 2.33. The number of benzene rings is 2. The van der Waals surface area contributed by atoms with Gasteiger partial charge < -0.3 is 9.47 Å². The van der Waals surface area contributed by atoms with Crippen LogP contribution in [0.3, 0.4) is 0 Å². The Morgan fingerprint density at radius 2 is 1.14 bits per heavy atom. The van der Waals surface area contributed by atoms with Crippen LogP contribution in [0.15, 0.2) is 36.4 Å². The minimum absolute atomic E-state index is 0.0473. The van der Waals surface area contributed by atoms with Crippen LogP contribution < -0.4 is 9.47 Å². The van der Waals surface area contributed by atoms with Crippen molar-refractivity contribution < 1.29 is 19.1 Å². The molecule has 2 aliphatic rings. The van der Waals surface area contributed by atoms with Crippen LogP contribution in [-0.4, -0.2) is 11.9 Å². The van der Waals surface area contributed by atoms with Crippen LogP contribution in [-0.2, 0) is 9.59 Å². The van der Waals surface area contributed by atoms with Crippen molar-refractivity contribution in [3.05, 3.63) is 36.4 Å². The number of carbonyl (C=O) groups is 2. The predicted octanol–water partition coefficient (Wildman–Crippen LogP) is 3.47. The van der Waals surface area contributed by atoms with E-state index in [1.807, 2.05) is 24.3 Å². The zero-order valence-corrected chi connectivity index (χ0v) is 12.1. The predicted molar refractivity (Wildman–Crippen MR) is 80.7 cm³/mol. The third-order valence-corrected chi connectivity index (χ3v) is 4.08. The van der Waals surface area contributed by atoms with Crippen LogP contribution in [0, 0.1) is 11.8 Å². The summed E-state index contributed by atoms with van der Waals surface area (Å²) in [6.45, 7) is 0. The quantitative estimate of drug-likeness (QED) is 0.640. The first kappa shape index (κ1) is 13.3. The Hall–Kier alpha value is -2.36. The van der Waals surface area contributed by atoms with Crippen molar-refractivity contribution in [1.29, 1.82) is 0 Å². The Bertz CT molecular complexity index is 692. The second kappa shape index (κ2) is 5.13. The maximum absolute atomic E-state index is 11.9. The van der Waals surface area contributed by atoms with Crippen molar-refractivity contribution in [2.75, 3.05) is 0 Å². The fourth-order valence-corrected chi connectivity index (χ4v) is 2.45. The van der Waals surface area contributed by atoms with Crippen molar-refractivity contribution in [3.8, 4) is 11.5 Å². The number of ether oxygens (including phenoxy) is 2. The van der Waals surface area contributed by atoms with Gasteiger partial charge in [-0.2, -0.15) is 0 Å². The highest BCUT2D eigenvalue weighted by atomic mass is 16.5. The molecule has 2 aliphatic carbocycles. The highest BCUT2D eigenvalue weighted by Crippen LogP contribution is 2.37. The van der Waals surface area contributed by atoms with Gasteiger partial charge in [-0.15, -0.1) is 0 Å². The molecule has 2 aromatic carbocycles. The van der Waals surface area contributed by atoms with E-state index in [0.717, 1.165) is 36.5 Å². The van der Waals surface area contributed by atoms with E-state index in [9.17, 15) is 9.59 Å². The molecule has 0 radical (unpaired) electrons. The molecule has 0 heterocycles. The van der Waals surface area contributed by atoms with Crippen LogP contribution in [0.4, 0.5) is 0 Å². The van der Waals surface area contributed by atoms with Crippen molar-refractivity contribution >= 4 is 22.7 Å². The molecule has 4 heteroatoms. The summed E-state index contributed by atoms with van der Waals surface area (Å²) in [5.41, 5.74) is 0. The second-order valence-electron chi connectivity index (χ2n) is 6.00. The lowest BCUT2D eigenvalue weighted by atomic mass is 10.1. The zero-order chi connectivity index (χ0) is 15.1. The lowest BCUT2D eigenvalue weighted by molar-refractivity contribution is -0.136. The summed E-state index contributed by atoms with van der Waals surface area (Å²) in [7, 11) is 0. The second-order valence-corrected chi connectivity index (χ2v) is 6.00. The number of hydrogen-bond acceptors (Lipinski definition) is 4. The van der Waals surface area contributed by atoms with Gasteiger partial charge in [-0.25, -0.2) is 0 Å². The summed E-state index contributed by atoms with van der Waals surface area (Å²) in [5, 5.41) is 1.58. The Balaban J connectivity index is 1.67. The van der Waals surface area contributed by atoms with E-state index < -0.39 is 0 Å². The maximum Gasteiger partial charge on any atom is 0.314 e. The van der Waals surface area contributed by atoms with Gasteiger partial charge in [0, 0.05) is 10.8 Å². The molecule has 2 saturated carbocycles. The summed E-state index contributed by atoms with van der Waals surface area (Å²) >= 11 is 0. The van der Waals surface area contributed by atoms with Gasteiger partial charge in [0.05, 0.1) is 11.8 Å². The zero-order valence-electron chi connectivity index (χ0n) is 12.1. The molecule has 0 amide bonds. The molecule has 0 aliphatic heterocycles. The molecule has 112 valence electrons. The van der Waals surface area contributed by atoms with Crippen LogP contribution in [0.1, 0.15) is 25.7 Å². The number of esters is 2. The summed E-state index contributed by atoms with van der Waals surface area (Å²) in [4.78, 5) is 23.7. The molecule has 4 nitrogen and oxygen atoms in total. The van der Waals surface area contributed by atoms with E-state index in [4.69, 9.17) is 9.47 Å². The van der Waals surface area contributed by atoms with Crippen molar-refractivity contribution in [1.82, 2.24) is 0 Å². The minimum Gasteiger partial charge on any atom is -0.426 e. The van der Waals surface area contributed by atoms with Gasteiger partial charge in [-0.3, -0.25) is 9.59 Å².